The summed E-state index contributed by atoms with van der Waals surface area (Å²) in [5, 5.41) is 9.42. The van der Waals surface area contributed by atoms with Crippen LogP contribution in [0.2, 0.25) is 0 Å². The first kappa shape index (κ1) is 10.8. The van der Waals surface area contributed by atoms with Crippen LogP contribution in [0.1, 0.15) is 37.7 Å². The second-order valence-electron chi connectivity index (χ2n) is 3.45. The summed E-state index contributed by atoms with van der Waals surface area (Å²) in [4.78, 5) is 11.2. The van der Waals surface area contributed by atoms with Crippen molar-refractivity contribution in [2.75, 3.05) is 0 Å². The third-order valence-electron chi connectivity index (χ3n) is 2.12. The highest BCUT2D eigenvalue weighted by atomic mass is 16.4. The summed E-state index contributed by atoms with van der Waals surface area (Å²) in [7, 11) is 0. The zero-order valence-electron chi connectivity index (χ0n) is 8.67. The number of rotatable bonds is 4. The van der Waals surface area contributed by atoms with Crippen molar-refractivity contribution in [1.29, 1.82) is 0 Å². The van der Waals surface area contributed by atoms with Crippen LogP contribution in [0.25, 0.3) is 0 Å². The monoisotopic (exact) mass is 196 g/mol. The lowest BCUT2D eigenvalue weighted by molar-refractivity contribution is 0.384. The molecule has 0 bridgehead atoms. The molecule has 0 saturated carbocycles. The lowest BCUT2D eigenvalue weighted by Crippen LogP contribution is -2.03. The Morgan fingerprint density at radius 3 is 2.79 bits per heavy atom. The Hall–Kier alpha value is -1.25. The second-order valence-corrected chi connectivity index (χ2v) is 3.45. The Morgan fingerprint density at radius 1 is 1.43 bits per heavy atom. The summed E-state index contributed by atoms with van der Waals surface area (Å²) in [5.74, 6) is 0.745. The predicted octanol–water partition coefficient (Wildman–Crippen LogP) is 2.39. The van der Waals surface area contributed by atoms with Gasteiger partial charge in [-0.1, -0.05) is 19.8 Å². The molecule has 78 valence electrons. The van der Waals surface area contributed by atoms with Crippen LogP contribution in [0.4, 0.5) is 0 Å². The third kappa shape index (κ3) is 2.62. The van der Waals surface area contributed by atoms with E-state index in [1.54, 1.807) is 6.92 Å². The number of aryl methyl sites for hydroxylation is 2. The van der Waals surface area contributed by atoms with Gasteiger partial charge in [0.15, 0.2) is 0 Å². The largest absolute Gasteiger partial charge is 0.502 e. The highest BCUT2D eigenvalue weighted by molar-refractivity contribution is 5.24. The molecule has 0 fully saturated rings. The summed E-state index contributed by atoms with van der Waals surface area (Å²) in [6.45, 7) is 3.82. The molecule has 0 saturated heterocycles. The summed E-state index contributed by atoms with van der Waals surface area (Å²) >= 11 is 0. The fourth-order valence-corrected chi connectivity index (χ4v) is 1.37. The van der Waals surface area contributed by atoms with Crippen molar-refractivity contribution < 1.29 is 9.52 Å². The first-order valence-electron chi connectivity index (χ1n) is 4.97. The first-order valence-corrected chi connectivity index (χ1v) is 4.97. The minimum atomic E-state index is -0.347. The van der Waals surface area contributed by atoms with Crippen molar-refractivity contribution in [1.82, 2.24) is 0 Å². The van der Waals surface area contributed by atoms with Crippen molar-refractivity contribution in [3.05, 3.63) is 27.8 Å². The van der Waals surface area contributed by atoms with E-state index in [1.165, 1.54) is 6.07 Å². The van der Waals surface area contributed by atoms with E-state index < -0.39 is 0 Å². The van der Waals surface area contributed by atoms with Crippen LogP contribution in [-0.2, 0) is 6.42 Å². The van der Waals surface area contributed by atoms with Crippen LogP contribution in [0.3, 0.4) is 0 Å². The minimum absolute atomic E-state index is 0.230. The third-order valence-corrected chi connectivity index (χ3v) is 2.12. The Kier molecular flexibility index (Phi) is 3.74. The number of hydrogen-bond donors (Lipinski definition) is 1. The average molecular weight is 196 g/mol. The average Bonchev–Trinajstić information content (AvgIpc) is 2.13. The maximum Gasteiger partial charge on any atom is 0.227 e. The summed E-state index contributed by atoms with van der Waals surface area (Å²) in [6, 6.07) is 1.30. The van der Waals surface area contributed by atoms with E-state index in [9.17, 15) is 9.90 Å². The number of aromatic hydroxyl groups is 1. The van der Waals surface area contributed by atoms with Crippen molar-refractivity contribution in [2.24, 2.45) is 0 Å². The summed E-state index contributed by atoms with van der Waals surface area (Å²) in [6.07, 6.45) is 3.76. The number of unbranched alkanes of at least 4 members (excludes halogenated alkanes) is 2. The van der Waals surface area contributed by atoms with Gasteiger partial charge in [0.1, 0.15) is 11.5 Å². The molecule has 1 aromatic heterocycles. The number of hydrogen-bond acceptors (Lipinski definition) is 3. The Morgan fingerprint density at radius 2 is 2.14 bits per heavy atom. The van der Waals surface area contributed by atoms with E-state index in [1.807, 2.05) is 0 Å². The van der Waals surface area contributed by atoms with Gasteiger partial charge in [0, 0.05) is 12.5 Å². The standard InChI is InChI=1S/C11H16O3/c1-3-4-5-6-10-11(13)9(12)7-8(2)14-10/h7,13H,3-6H2,1-2H3. The predicted molar refractivity (Wildman–Crippen MR) is 54.6 cm³/mol. The Balaban J connectivity index is 2.80. The molecule has 0 spiro atoms. The van der Waals surface area contributed by atoms with Gasteiger partial charge in [-0.25, -0.2) is 0 Å². The van der Waals surface area contributed by atoms with E-state index in [2.05, 4.69) is 6.92 Å². The van der Waals surface area contributed by atoms with Crippen molar-refractivity contribution in [3.8, 4) is 5.75 Å². The molecule has 0 amide bonds. The van der Waals surface area contributed by atoms with E-state index in [-0.39, 0.29) is 11.2 Å². The maximum atomic E-state index is 11.2. The van der Waals surface area contributed by atoms with Gasteiger partial charge in [-0.2, -0.15) is 0 Å². The SMILES string of the molecule is CCCCCc1oc(C)cc(=O)c1O. The molecule has 0 aliphatic carbocycles. The summed E-state index contributed by atoms with van der Waals surface area (Å²) in [5.41, 5.74) is -0.347. The highest BCUT2D eigenvalue weighted by Gasteiger charge is 2.08. The Labute approximate surface area is 83.4 Å². The molecule has 0 unspecified atom stereocenters. The molecule has 1 heterocycles. The molecule has 1 aromatic rings. The van der Waals surface area contributed by atoms with Crippen LogP contribution in [-0.4, -0.2) is 5.11 Å². The van der Waals surface area contributed by atoms with Crippen LogP contribution in [0, 0.1) is 6.92 Å². The molecular weight excluding hydrogens is 180 g/mol. The lowest BCUT2D eigenvalue weighted by Gasteiger charge is -2.03. The van der Waals surface area contributed by atoms with Crippen LogP contribution in [0.5, 0.6) is 5.75 Å². The normalized spacial score (nSPS) is 10.4. The van der Waals surface area contributed by atoms with E-state index in [4.69, 9.17) is 4.42 Å². The van der Waals surface area contributed by atoms with Gasteiger partial charge in [0.25, 0.3) is 0 Å². The zero-order chi connectivity index (χ0) is 10.6. The maximum absolute atomic E-state index is 11.2. The van der Waals surface area contributed by atoms with E-state index >= 15 is 0 Å². The van der Waals surface area contributed by atoms with Crippen LogP contribution in [0.15, 0.2) is 15.3 Å². The van der Waals surface area contributed by atoms with Crippen molar-refractivity contribution >= 4 is 0 Å². The molecule has 0 aliphatic rings. The second kappa shape index (κ2) is 4.84. The molecule has 14 heavy (non-hydrogen) atoms. The molecule has 1 N–H and O–H groups in total. The zero-order valence-corrected chi connectivity index (χ0v) is 8.67. The molecule has 3 nitrogen and oxygen atoms in total. The van der Waals surface area contributed by atoms with E-state index in [0.29, 0.717) is 17.9 Å². The van der Waals surface area contributed by atoms with Gasteiger partial charge >= 0.3 is 0 Å². The highest BCUT2D eigenvalue weighted by Crippen LogP contribution is 2.16. The fraction of sp³-hybridized carbons (Fsp3) is 0.545. The van der Waals surface area contributed by atoms with E-state index in [0.717, 1.165) is 19.3 Å². The van der Waals surface area contributed by atoms with Gasteiger partial charge < -0.3 is 9.52 Å². The quantitative estimate of drug-likeness (QED) is 0.752. The van der Waals surface area contributed by atoms with Crippen molar-refractivity contribution in [3.63, 3.8) is 0 Å². The molecule has 0 radical (unpaired) electrons. The van der Waals surface area contributed by atoms with Gasteiger partial charge in [-0.05, 0) is 13.3 Å². The molecular formula is C11H16O3. The summed E-state index contributed by atoms with van der Waals surface area (Å²) < 4.78 is 5.29. The van der Waals surface area contributed by atoms with Gasteiger partial charge in [-0.15, -0.1) is 0 Å². The van der Waals surface area contributed by atoms with Gasteiger partial charge in [0.05, 0.1) is 0 Å². The molecule has 1 rings (SSSR count). The van der Waals surface area contributed by atoms with Gasteiger partial charge in [0.2, 0.25) is 11.2 Å². The van der Waals surface area contributed by atoms with Crippen LogP contribution >= 0.6 is 0 Å². The molecule has 3 heteroatoms. The van der Waals surface area contributed by atoms with Gasteiger partial charge in [-0.3, -0.25) is 4.79 Å². The van der Waals surface area contributed by atoms with Crippen molar-refractivity contribution in [2.45, 2.75) is 39.5 Å². The smallest absolute Gasteiger partial charge is 0.227 e. The molecule has 0 atom stereocenters. The topological polar surface area (TPSA) is 50.4 Å². The fourth-order valence-electron chi connectivity index (χ4n) is 1.37. The lowest BCUT2D eigenvalue weighted by atomic mass is 10.1. The molecule has 0 aromatic carbocycles. The molecule has 0 aliphatic heterocycles. The Bertz CT molecular complexity index is 352. The first-order chi connectivity index (χ1) is 6.65. The minimum Gasteiger partial charge on any atom is -0.502 e. The van der Waals surface area contributed by atoms with Crippen LogP contribution < -0.4 is 5.43 Å².